The molecular weight excluding hydrogens is 250 g/mol. The van der Waals surface area contributed by atoms with E-state index in [0.717, 1.165) is 25.6 Å². The van der Waals surface area contributed by atoms with Crippen molar-refractivity contribution in [3.63, 3.8) is 0 Å². The molecule has 1 atom stereocenters. The Morgan fingerprint density at radius 1 is 1.20 bits per heavy atom. The minimum Gasteiger partial charge on any atom is -0.355 e. The summed E-state index contributed by atoms with van der Waals surface area (Å²) in [4.78, 5) is 12.1. The monoisotopic (exact) mass is 279 g/mol. The van der Waals surface area contributed by atoms with Crippen molar-refractivity contribution in [3.05, 3.63) is 0 Å². The molecule has 0 spiro atoms. The molecule has 4 aliphatic heterocycles. The van der Waals surface area contributed by atoms with Gasteiger partial charge >= 0.3 is 0 Å². The highest BCUT2D eigenvalue weighted by Crippen LogP contribution is 2.28. The molecule has 0 amide bonds. The fraction of sp³-hybridized carbons (Fsp3) is 0.933. The molecule has 4 rings (SSSR count). The summed E-state index contributed by atoms with van der Waals surface area (Å²) in [5, 5.41) is 3.61. The number of piperazine rings is 3. The van der Waals surface area contributed by atoms with E-state index >= 15 is 0 Å². The molecule has 0 aromatic carbocycles. The summed E-state index contributed by atoms with van der Waals surface area (Å²) < 4.78 is 0. The SMILES string of the molecule is CN=C(NCC1CN2CCN1CC2)N1CCC(C)(C)C1. The van der Waals surface area contributed by atoms with Gasteiger partial charge in [0.1, 0.15) is 0 Å². The van der Waals surface area contributed by atoms with Gasteiger partial charge in [0.05, 0.1) is 0 Å². The van der Waals surface area contributed by atoms with Crippen LogP contribution in [0.1, 0.15) is 20.3 Å². The second-order valence-corrected chi connectivity index (χ2v) is 7.25. The lowest BCUT2D eigenvalue weighted by atomic mass is 9.93. The maximum absolute atomic E-state index is 4.48. The number of guanidine groups is 1. The largest absolute Gasteiger partial charge is 0.355 e. The highest BCUT2D eigenvalue weighted by Gasteiger charge is 2.33. The van der Waals surface area contributed by atoms with Crippen molar-refractivity contribution >= 4 is 5.96 Å². The lowest BCUT2D eigenvalue weighted by molar-refractivity contribution is 0.0152. The average Bonchev–Trinajstić information content (AvgIpc) is 2.81. The van der Waals surface area contributed by atoms with Crippen molar-refractivity contribution in [2.45, 2.75) is 26.3 Å². The van der Waals surface area contributed by atoms with Gasteiger partial charge in [-0.1, -0.05) is 13.8 Å². The van der Waals surface area contributed by atoms with Crippen LogP contribution < -0.4 is 5.32 Å². The molecule has 0 aliphatic carbocycles. The van der Waals surface area contributed by atoms with Crippen LogP contribution in [0.2, 0.25) is 0 Å². The maximum atomic E-state index is 4.48. The summed E-state index contributed by atoms with van der Waals surface area (Å²) in [5.41, 5.74) is 0.427. The topological polar surface area (TPSA) is 34.1 Å². The van der Waals surface area contributed by atoms with E-state index in [-0.39, 0.29) is 0 Å². The van der Waals surface area contributed by atoms with E-state index < -0.39 is 0 Å². The molecule has 0 aromatic heterocycles. The van der Waals surface area contributed by atoms with E-state index in [9.17, 15) is 0 Å². The van der Waals surface area contributed by atoms with Gasteiger partial charge in [0, 0.05) is 65.4 Å². The van der Waals surface area contributed by atoms with Gasteiger partial charge in [0.2, 0.25) is 0 Å². The molecule has 0 radical (unpaired) electrons. The Labute approximate surface area is 123 Å². The lowest BCUT2D eigenvalue weighted by Gasteiger charge is -2.47. The van der Waals surface area contributed by atoms with E-state index in [1.54, 1.807) is 0 Å². The van der Waals surface area contributed by atoms with Crippen LogP contribution in [0.15, 0.2) is 4.99 Å². The first kappa shape index (κ1) is 14.1. The Morgan fingerprint density at radius 3 is 2.45 bits per heavy atom. The number of likely N-dealkylation sites (tertiary alicyclic amines) is 1. The summed E-state index contributed by atoms with van der Waals surface area (Å²) in [5.74, 6) is 1.09. The summed E-state index contributed by atoms with van der Waals surface area (Å²) in [6.45, 7) is 14.2. The molecule has 5 nitrogen and oxygen atoms in total. The molecular formula is C15H29N5. The van der Waals surface area contributed by atoms with Crippen molar-refractivity contribution in [2.24, 2.45) is 10.4 Å². The predicted octanol–water partition coefficient (Wildman–Crippen LogP) is 0.294. The molecule has 20 heavy (non-hydrogen) atoms. The van der Waals surface area contributed by atoms with Gasteiger partial charge in [-0.05, 0) is 11.8 Å². The zero-order valence-electron chi connectivity index (χ0n) is 13.2. The zero-order valence-corrected chi connectivity index (χ0v) is 13.2. The van der Waals surface area contributed by atoms with Gasteiger partial charge in [-0.3, -0.25) is 14.8 Å². The van der Waals surface area contributed by atoms with Gasteiger partial charge in [0.15, 0.2) is 5.96 Å². The molecule has 5 heteroatoms. The Bertz CT molecular complexity index is 370. The second kappa shape index (κ2) is 5.53. The maximum Gasteiger partial charge on any atom is 0.193 e. The molecule has 4 aliphatic rings. The molecule has 0 aromatic rings. The normalized spacial score (nSPS) is 36.5. The van der Waals surface area contributed by atoms with Crippen LogP contribution in [-0.4, -0.2) is 86.1 Å². The van der Waals surface area contributed by atoms with Gasteiger partial charge in [-0.25, -0.2) is 0 Å². The molecule has 4 saturated heterocycles. The van der Waals surface area contributed by atoms with Crippen molar-refractivity contribution in [1.29, 1.82) is 0 Å². The molecule has 1 unspecified atom stereocenters. The smallest absolute Gasteiger partial charge is 0.193 e. The van der Waals surface area contributed by atoms with E-state index in [1.807, 2.05) is 7.05 Å². The molecule has 114 valence electrons. The first-order chi connectivity index (χ1) is 9.57. The minimum atomic E-state index is 0.427. The van der Waals surface area contributed by atoms with Crippen LogP contribution in [0.25, 0.3) is 0 Å². The van der Waals surface area contributed by atoms with Crippen LogP contribution in [0, 0.1) is 5.41 Å². The molecule has 4 heterocycles. The summed E-state index contributed by atoms with van der Waals surface area (Å²) >= 11 is 0. The first-order valence-corrected chi connectivity index (χ1v) is 7.99. The van der Waals surface area contributed by atoms with Gasteiger partial charge in [-0.2, -0.15) is 0 Å². The van der Waals surface area contributed by atoms with E-state index in [1.165, 1.54) is 39.1 Å². The van der Waals surface area contributed by atoms with Crippen molar-refractivity contribution in [3.8, 4) is 0 Å². The van der Waals surface area contributed by atoms with E-state index in [0.29, 0.717) is 11.5 Å². The number of nitrogens with zero attached hydrogens (tertiary/aromatic N) is 4. The van der Waals surface area contributed by atoms with Gasteiger partial charge in [-0.15, -0.1) is 0 Å². The fourth-order valence-corrected chi connectivity index (χ4v) is 3.75. The van der Waals surface area contributed by atoms with Crippen LogP contribution in [0.4, 0.5) is 0 Å². The van der Waals surface area contributed by atoms with E-state index in [2.05, 4.69) is 38.9 Å². The number of hydrogen-bond acceptors (Lipinski definition) is 3. The molecule has 2 bridgehead atoms. The average molecular weight is 279 g/mol. The van der Waals surface area contributed by atoms with Gasteiger partial charge < -0.3 is 10.2 Å². The third-order valence-corrected chi connectivity index (χ3v) is 5.08. The number of nitrogens with one attached hydrogen (secondary N) is 1. The first-order valence-electron chi connectivity index (χ1n) is 7.99. The predicted molar refractivity (Wildman–Crippen MR) is 83.1 cm³/mol. The molecule has 0 saturated carbocycles. The van der Waals surface area contributed by atoms with Crippen LogP contribution >= 0.6 is 0 Å². The van der Waals surface area contributed by atoms with Crippen LogP contribution in [-0.2, 0) is 0 Å². The summed E-state index contributed by atoms with van der Waals surface area (Å²) in [6, 6.07) is 0.657. The Morgan fingerprint density at radius 2 is 1.95 bits per heavy atom. The standard InChI is InChI=1S/C15H29N5/c1-15(2)4-5-20(12-15)14(16-3)17-10-13-11-18-6-8-19(13)9-7-18/h13H,4-12H2,1-3H3,(H,16,17). The van der Waals surface area contributed by atoms with Gasteiger partial charge in [0.25, 0.3) is 0 Å². The highest BCUT2D eigenvalue weighted by molar-refractivity contribution is 5.80. The third-order valence-electron chi connectivity index (χ3n) is 5.08. The molecule has 4 fully saturated rings. The summed E-state index contributed by atoms with van der Waals surface area (Å²) in [7, 11) is 1.91. The van der Waals surface area contributed by atoms with E-state index in [4.69, 9.17) is 0 Å². The Balaban J connectivity index is 1.52. The quantitative estimate of drug-likeness (QED) is 0.582. The van der Waals surface area contributed by atoms with Crippen molar-refractivity contribution in [1.82, 2.24) is 20.0 Å². The number of fused-ring (bicyclic) bond motifs is 3. The molecule has 1 N–H and O–H groups in total. The number of rotatable bonds is 2. The summed E-state index contributed by atoms with van der Waals surface area (Å²) in [6.07, 6.45) is 1.26. The second-order valence-electron chi connectivity index (χ2n) is 7.25. The number of hydrogen-bond donors (Lipinski definition) is 1. The Hall–Kier alpha value is -0.810. The van der Waals surface area contributed by atoms with Crippen LogP contribution in [0.5, 0.6) is 0 Å². The fourth-order valence-electron chi connectivity index (χ4n) is 3.75. The van der Waals surface area contributed by atoms with Crippen molar-refractivity contribution < 1.29 is 0 Å². The Kier molecular flexibility index (Phi) is 3.91. The minimum absolute atomic E-state index is 0.427. The highest BCUT2D eigenvalue weighted by atomic mass is 15.4. The zero-order chi connectivity index (χ0) is 14.2. The lowest BCUT2D eigenvalue weighted by Crippen LogP contribution is -2.63. The van der Waals surface area contributed by atoms with Crippen LogP contribution in [0.3, 0.4) is 0 Å². The van der Waals surface area contributed by atoms with Crippen molar-refractivity contribution in [2.75, 3.05) is 59.4 Å². The third kappa shape index (κ3) is 2.93. The number of aliphatic imine (C=N–C) groups is 1.